The number of rotatable bonds is 12. The number of aromatic carboxylic acids is 1. The number of carbonyl (C=O) groups is 4. The molecule has 22 heteroatoms. The van der Waals surface area contributed by atoms with E-state index < -0.39 is 5.97 Å². The molecule has 740 valence electrons. The summed E-state index contributed by atoms with van der Waals surface area (Å²) in [6.45, 7) is 17.2. The molecule has 7 aromatic carbocycles. The first-order valence-electron chi connectivity index (χ1n) is 45.1. The maximum atomic E-state index is 10.1. The molecule has 5 aliphatic carbocycles. The predicted molar refractivity (Wildman–Crippen MR) is 541 cm³/mol. The molecule has 1 saturated carbocycles. The van der Waals surface area contributed by atoms with Gasteiger partial charge in [0.25, 0.3) is 0 Å². The number of para-hydroxylation sites is 2. The van der Waals surface area contributed by atoms with Crippen molar-refractivity contribution < 1.29 is 160 Å². The predicted octanol–water partition coefficient (Wildman–Crippen LogP) is 26.3. The SMILES string of the molecule is CC(=O)C=C(C)O.CC(=O)C=C(C)O.CC(=O)C=C(C)O.CC1(c2ccccn2)C=Cc2ccc[c-]c21.CC1(c2ccccn2)CCc2ccc[c-]c21.CC1(c2ccccn2)CCc2ccc[c-]c21.C[C-]=Cc1ccc2ccccc2n1.O=C(O)c1ccccn1.[C-]1=C(c2ccc3ccccc3n2)CCC1.[Ir].[Ir].[Ir].[Ir].[Ir].[Ir].[c-]1ccccc1-c1ccccn1.[c-]1ccccc1C1(c2ccccn2)CCCC1. The van der Waals surface area contributed by atoms with E-state index in [0.29, 0.717) is 0 Å². The Kier molecular flexibility index (Phi) is 54.7. The van der Waals surface area contributed by atoms with Gasteiger partial charge in [0, 0.05) is 226 Å². The number of aliphatic hydroxyl groups is 3. The van der Waals surface area contributed by atoms with Crippen molar-refractivity contribution in [1.29, 1.82) is 0 Å². The number of hydrogen-bond donors (Lipinski definition) is 4. The van der Waals surface area contributed by atoms with Gasteiger partial charge in [-0.1, -0.05) is 161 Å². The van der Waals surface area contributed by atoms with Crippen molar-refractivity contribution in [1.82, 2.24) is 39.9 Å². The van der Waals surface area contributed by atoms with Gasteiger partial charge in [-0.25, -0.2) is 15.9 Å². The first-order chi connectivity index (χ1) is 65.3. The Labute approximate surface area is 912 Å². The molecule has 141 heavy (non-hydrogen) atoms. The van der Waals surface area contributed by atoms with E-state index in [0.717, 1.165) is 89.3 Å². The molecule has 5 aliphatic rings. The molecular weight excluding hydrogens is 2820 g/mol. The zero-order valence-electron chi connectivity index (χ0n) is 80.3. The average Bonchev–Trinajstić information content (AvgIpc) is 1.64. The summed E-state index contributed by atoms with van der Waals surface area (Å²) in [7, 11) is 0. The van der Waals surface area contributed by atoms with Gasteiger partial charge in [-0.2, -0.15) is 125 Å². The number of fused-ring (bicyclic) bond motifs is 5. The van der Waals surface area contributed by atoms with Crippen molar-refractivity contribution in [3.63, 3.8) is 0 Å². The quantitative estimate of drug-likeness (QED) is 0.0504. The van der Waals surface area contributed by atoms with Crippen LogP contribution in [0.5, 0.6) is 0 Å². The van der Waals surface area contributed by atoms with Gasteiger partial charge in [0.2, 0.25) is 0 Å². The molecule has 1 fully saturated rings. The summed E-state index contributed by atoms with van der Waals surface area (Å²) in [6, 6.07) is 111. The third kappa shape index (κ3) is 37.4. The van der Waals surface area contributed by atoms with Crippen LogP contribution in [0.15, 0.2) is 364 Å². The number of aryl methyl sites for hydroxylation is 2. The number of carboxylic acids is 1. The van der Waals surface area contributed by atoms with Gasteiger partial charge in [-0.15, -0.1) is 89.7 Å². The Morgan fingerprint density at radius 1 is 0.376 bits per heavy atom. The van der Waals surface area contributed by atoms with Crippen molar-refractivity contribution >= 4 is 62.9 Å². The molecule has 0 aliphatic heterocycles. The van der Waals surface area contributed by atoms with Crippen LogP contribution in [0, 0.1) is 42.5 Å². The molecule has 0 amide bonds. The van der Waals surface area contributed by atoms with Gasteiger partial charge >= 0.3 is 5.97 Å². The van der Waals surface area contributed by atoms with Crippen molar-refractivity contribution in [3.05, 3.63) is 485 Å². The summed E-state index contributed by atoms with van der Waals surface area (Å²) in [4.78, 5) is 75.2. The maximum absolute atomic E-state index is 10.1. The van der Waals surface area contributed by atoms with Crippen molar-refractivity contribution in [2.45, 2.75) is 162 Å². The molecule has 4 N–H and O–H groups in total. The van der Waals surface area contributed by atoms with Gasteiger partial charge in [-0.05, 0) is 169 Å². The van der Waals surface area contributed by atoms with Crippen molar-refractivity contribution in [2.75, 3.05) is 0 Å². The van der Waals surface area contributed by atoms with Gasteiger partial charge in [0.15, 0.2) is 17.3 Å². The molecule has 20 rings (SSSR count). The van der Waals surface area contributed by atoms with Crippen LogP contribution < -0.4 is 0 Å². The second kappa shape index (κ2) is 63.4. The summed E-state index contributed by atoms with van der Waals surface area (Å²) in [5.74, 6) is -1.18. The van der Waals surface area contributed by atoms with E-state index in [-0.39, 0.29) is 183 Å². The summed E-state index contributed by atoms with van der Waals surface area (Å²) in [5.41, 5.74) is 21.5. The zero-order chi connectivity index (χ0) is 96.3. The number of allylic oxidation sites excluding steroid dienone is 10. The fraction of sp³-hybridized carbons (Fsp3) is 0.210. The number of hydrogen-bond acceptors (Lipinski definition) is 15. The fourth-order valence-corrected chi connectivity index (χ4v) is 16.3. The van der Waals surface area contributed by atoms with E-state index in [4.69, 9.17) is 20.4 Å². The first-order valence-corrected chi connectivity index (χ1v) is 45.1. The van der Waals surface area contributed by atoms with Crippen LogP contribution >= 0.6 is 0 Å². The molecule has 16 nitrogen and oxygen atoms in total. The Morgan fingerprint density at radius 3 is 1.23 bits per heavy atom. The third-order valence-corrected chi connectivity index (χ3v) is 22.8. The monoisotopic (exact) mass is 2940 g/mol. The Bertz CT molecular complexity index is 6250. The Morgan fingerprint density at radius 2 is 0.809 bits per heavy atom. The van der Waals surface area contributed by atoms with E-state index in [1.54, 1.807) is 18.3 Å². The van der Waals surface area contributed by atoms with Crippen LogP contribution in [0.25, 0.3) is 50.8 Å². The smallest absolute Gasteiger partial charge is 0.354 e. The van der Waals surface area contributed by atoms with E-state index >= 15 is 0 Å². The van der Waals surface area contributed by atoms with E-state index in [1.165, 1.54) is 165 Å². The van der Waals surface area contributed by atoms with Gasteiger partial charge < -0.3 is 35.4 Å². The van der Waals surface area contributed by atoms with Crippen LogP contribution in [0.1, 0.15) is 211 Å². The molecule has 3 atom stereocenters. The number of pyridine rings is 8. The Balaban J connectivity index is 0.000000326. The van der Waals surface area contributed by atoms with Crippen molar-refractivity contribution in [2.24, 2.45) is 0 Å². The summed E-state index contributed by atoms with van der Waals surface area (Å²) < 4.78 is 0. The number of nitrogens with zero attached hydrogens (tertiary/aromatic N) is 8. The second-order valence-electron chi connectivity index (χ2n) is 33.2. The molecular formula is C119H115Ir6N8O8-7. The number of carbonyl (C=O) groups excluding carboxylic acids is 3. The summed E-state index contributed by atoms with van der Waals surface area (Å²) in [6.07, 6.45) is 39.8. The zero-order valence-corrected chi connectivity index (χ0v) is 94.7. The second-order valence-corrected chi connectivity index (χ2v) is 33.2. The van der Waals surface area contributed by atoms with E-state index in [2.05, 4.69) is 237 Å². The molecule has 0 bridgehead atoms. The van der Waals surface area contributed by atoms with E-state index in [9.17, 15) is 19.2 Å². The minimum absolute atomic E-state index is 0. The van der Waals surface area contributed by atoms with Gasteiger partial charge in [0.05, 0.1) is 23.0 Å². The number of carboxylic acid groups (broad SMARTS) is 1. The van der Waals surface area contributed by atoms with Crippen LogP contribution in [0.4, 0.5) is 0 Å². The molecule has 0 spiro atoms. The third-order valence-electron chi connectivity index (χ3n) is 22.8. The van der Waals surface area contributed by atoms with Crippen LogP contribution in [0.2, 0.25) is 0 Å². The molecule has 0 saturated heterocycles. The minimum atomic E-state index is -0.990. The number of ketones is 3. The number of benzene rings is 7. The molecule has 6 radical (unpaired) electrons. The standard InChI is InChI=1S/C16H16N.2C15H14N.C15H12N.C14H12N.C12H10N.C11H8N.C6H5NO2.3C5H8O2.6Ir/c1-2-8-14(9-3-1)16(11-5-6-12-16)15-10-4-7-13-17-15;3*1-15(14-8-4-5-11-16-14)10-9-12-6-2-3-7-13(12)15;1-2-6-11(5-1)14-10-9-12-7-3-4-8-13(12)15-14;1-2-5-11-9-8-10-6-3-4-7-12(10)13-11;1-2-6-10(7-3-1)11-8-4-5-9-12-11;8-6(9)5-3-1-2-4-7-5;3*1-4(6)3-5(2)7;;;;;;/h1-4,7-8,10,13H,5-6,11-12H2;2*2-6,8,11H,9-10H2,1H3;2-6,8-11H,1H3;3-4,7-10H,1-2,5H2;3-9H,1H3;1-6,8-9H;1-4H,(H,8,9);3*3,6H,1-2H3;;;;;;/q7*-1;;;;;;;;;;. The maximum Gasteiger partial charge on any atom is 0.354 e. The largest absolute Gasteiger partial charge is 0.512 e. The average molecular weight is 2940 g/mol. The van der Waals surface area contributed by atoms with E-state index in [1.807, 2.05) is 183 Å². The summed E-state index contributed by atoms with van der Waals surface area (Å²) >= 11 is 0. The van der Waals surface area contributed by atoms with Crippen LogP contribution in [0.3, 0.4) is 0 Å². The minimum Gasteiger partial charge on any atom is -0.512 e. The normalized spacial score (nSPS) is 15.7. The van der Waals surface area contributed by atoms with Gasteiger partial charge in [-0.3, -0.25) is 46.5 Å². The topological polar surface area (TPSA) is 252 Å². The number of aromatic nitrogens is 8. The molecule has 15 aromatic rings. The number of aliphatic hydroxyl groups excluding tert-OH is 3. The molecule has 3 unspecified atom stereocenters. The van der Waals surface area contributed by atoms with Gasteiger partial charge in [0.1, 0.15) is 5.69 Å². The van der Waals surface area contributed by atoms with Crippen molar-refractivity contribution in [3.8, 4) is 11.3 Å². The molecule has 8 heterocycles. The summed E-state index contributed by atoms with van der Waals surface area (Å²) in [5, 5.41) is 35.8. The van der Waals surface area contributed by atoms with Crippen LogP contribution in [-0.4, -0.2) is 83.6 Å². The fourth-order valence-electron chi connectivity index (χ4n) is 16.3. The van der Waals surface area contributed by atoms with Crippen LogP contribution in [-0.2, 0) is 170 Å². The first kappa shape index (κ1) is 122. The Hall–Kier alpha value is -11.5. The molecule has 8 aromatic heterocycles.